The zero-order valence-electron chi connectivity index (χ0n) is 9.46. The molecule has 0 amide bonds. The fraction of sp³-hybridized carbons (Fsp3) is 1.00. The monoisotopic (exact) mass is 208 g/mol. The molecule has 0 bridgehead atoms. The van der Waals surface area contributed by atoms with Crippen LogP contribution in [0.4, 0.5) is 0 Å². The molecule has 0 aromatic rings. The molecule has 13 heavy (non-hydrogen) atoms. The lowest BCUT2D eigenvalue weighted by molar-refractivity contribution is 0.0844. The summed E-state index contributed by atoms with van der Waals surface area (Å²) < 4.78 is 22.1. The fourth-order valence-corrected chi connectivity index (χ4v) is 1.94. The highest BCUT2D eigenvalue weighted by Gasteiger charge is 2.29. The lowest BCUT2D eigenvalue weighted by atomic mass is 9.91. The summed E-state index contributed by atoms with van der Waals surface area (Å²) in [4.78, 5) is 0. The largest absolute Gasteiger partial charge is 0.330 e. The molecule has 80 valence electrons. The van der Waals surface area contributed by atoms with Crippen LogP contribution in [-0.2, 0) is 13.6 Å². The first kappa shape index (κ1) is 13.2. The van der Waals surface area contributed by atoms with Crippen molar-refractivity contribution in [3.05, 3.63) is 0 Å². The van der Waals surface area contributed by atoms with Gasteiger partial charge in [-0.3, -0.25) is 4.57 Å². The summed E-state index contributed by atoms with van der Waals surface area (Å²) in [6, 6.07) is 0. The average molecular weight is 208 g/mol. The Hall–Kier alpha value is 0.150. The zero-order chi connectivity index (χ0) is 10.7. The molecule has 2 atom stereocenters. The van der Waals surface area contributed by atoms with E-state index in [1.54, 1.807) is 6.92 Å². The molecule has 0 aromatic carbocycles. The summed E-state index contributed by atoms with van der Waals surface area (Å²) >= 11 is 0. The summed E-state index contributed by atoms with van der Waals surface area (Å²) in [5, 5.41) is 0. The molecule has 0 saturated carbocycles. The van der Waals surface area contributed by atoms with E-state index in [4.69, 9.17) is 9.05 Å². The van der Waals surface area contributed by atoms with Crippen molar-refractivity contribution < 1.29 is 13.6 Å². The van der Waals surface area contributed by atoms with E-state index in [-0.39, 0.29) is 11.5 Å². The molecule has 0 aliphatic rings. The zero-order valence-corrected chi connectivity index (χ0v) is 10.4. The lowest BCUT2D eigenvalue weighted by Crippen LogP contribution is -2.25. The van der Waals surface area contributed by atoms with Gasteiger partial charge in [0.05, 0.1) is 6.10 Å². The normalized spacial score (nSPS) is 19.5. The second-order valence-electron chi connectivity index (χ2n) is 4.22. The Balaban J connectivity index is 4.35. The van der Waals surface area contributed by atoms with Crippen molar-refractivity contribution in [2.75, 3.05) is 13.3 Å². The molecule has 0 heterocycles. The van der Waals surface area contributed by atoms with Gasteiger partial charge in [0.1, 0.15) is 0 Å². The maximum atomic E-state index is 11.8. The van der Waals surface area contributed by atoms with Gasteiger partial charge in [0.2, 0.25) is 0 Å². The molecule has 0 rings (SSSR count). The Morgan fingerprint density at radius 1 is 1.38 bits per heavy atom. The molecule has 0 aliphatic heterocycles. The van der Waals surface area contributed by atoms with Gasteiger partial charge in [-0.15, -0.1) is 0 Å². The summed E-state index contributed by atoms with van der Waals surface area (Å²) in [7, 11) is -1.40. The van der Waals surface area contributed by atoms with Crippen LogP contribution in [-0.4, -0.2) is 19.4 Å². The molecule has 3 nitrogen and oxygen atoms in total. The van der Waals surface area contributed by atoms with Crippen molar-refractivity contribution in [1.29, 1.82) is 0 Å². The van der Waals surface area contributed by atoms with E-state index in [1.165, 1.54) is 7.11 Å². The summed E-state index contributed by atoms with van der Waals surface area (Å²) in [6.45, 7) is 9.87. The first-order chi connectivity index (χ1) is 5.75. The molecule has 2 unspecified atom stereocenters. The van der Waals surface area contributed by atoms with E-state index >= 15 is 0 Å². The van der Waals surface area contributed by atoms with Crippen LogP contribution in [0.25, 0.3) is 0 Å². The molecular formula is C9H21O3P. The van der Waals surface area contributed by atoms with Gasteiger partial charge in [-0.05, 0) is 12.3 Å². The molecule has 0 aromatic heterocycles. The smallest absolute Gasteiger partial charge is 0.312 e. The van der Waals surface area contributed by atoms with Gasteiger partial charge in [-0.1, -0.05) is 27.7 Å². The highest BCUT2D eigenvalue weighted by Crippen LogP contribution is 2.49. The van der Waals surface area contributed by atoms with Crippen molar-refractivity contribution in [3.63, 3.8) is 0 Å². The molecule has 0 saturated heterocycles. The SMILES string of the molecule is CCP(=O)(OC)OC(C)C(C)(C)C. The second kappa shape index (κ2) is 4.59. The van der Waals surface area contributed by atoms with Crippen molar-refractivity contribution in [2.24, 2.45) is 5.41 Å². The standard InChI is InChI=1S/C9H21O3P/c1-7-13(10,11-6)12-8(2)9(3,4)5/h8H,7H2,1-6H3. The highest BCUT2D eigenvalue weighted by atomic mass is 31.2. The predicted octanol–water partition coefficient (Wildman–Crippen LogP) is 3.30. The third kappa shape index (κ3) is 4.26. The van der Waals surface area contributed by atoms with Crippen molar-refractivity contribution in [2.45, 2.75) is 40.7 Å². The van der Waals surface area contributed by atoms with E-state index in [2.05, 4.69) is 0 Å². The van der Waals surface area contributed by atoms with Crippen molar-refractivity contribution in [3.8, 4) is 0 Å². The van der Waals surface area contributed by atoms with Gasteiger partial charge >= 0.3 is 7.60 Å². The van der Waals surface area contributed by atoms with Crippen LogP contribution in [0, 0.1) is 5.41 Å². The third-order valence-electron chi connectivity index (χ3n) is 2.20. The number of hydrogen-bond acceptors (Lipinski definition) is 3. The Labute approximate surface area is 81.3 Å². The maximum Gasteiger partial charge on any atom is 0.330 e. The first-order valence-corrected chi connectivity index (χ1v) is 6.31. The minimum atomic E-state index is -2.83. The Kier molecular flexibility index (Phi) is 4.64. The van der Waals surface area contributed by atoms with Crippen molar-refractivity contribution in [1.82, 2.24) is 0 Å². The lowest BCUT2D eigenvalue weighted by Gasteiger charge is -2.29. The van der Waals surface area contributed by atoms with Crippen molar-refractivity contribution >= 4 is 7.60 Å². The maximum absolute atomic E-state index is 11.8. The molecule has 0 radical (unpaired) electrons. The molecular weight excluding hydrogens is 187 g/mol. The predicted molar refractivity (Wildman–Crippen MR) is 55.2 cm³/mol. The van der Waals surface area contributed by atoms with Gasteiger partial charge in [-0.25, -0.2) is 0 Å². The topological polar surface area (TPSA) is 35.5 Å². The van der Waals surface area contributed by atoms with Gasteiger partial charge in [0.15, 0.2) is 0 Å². The first-order valence-electron chi connectivity index (χ1n) is 4.58. The van der Waals surface area contributed by atoms with Gasteiger partial charge in [0, 0.05) is 13.3 Å². The third-order valence-corrected chi connectivity index (χ3v) is 4.17. The molecule has 4 heteroatoms. The van der Waals surface area contributed by atoms with Crippen LogP contribution in [0.15, 0.2) is 0 Å². The minimum Gasteiger partial charge on any atom is -0.312 e. The van der Waals surface area contributed by atoms with Crippen LogP contribution >= 0.6 is 7.60 Å². The number of rotatable bonds is 4. The summed E-state index contributed by atoms with van der Waals surface area (Å²) in [6.07, 6.45) is 0.349. The highest BCUT2D eigenvalue weighted by molar-refractivity contribution is 7.53. The van der Waals surface area contributed by atoms with Gasteiger partial charge < -0.3 is 9.05 Å². The quantitative estimate of drug-likeness (QED) is 0.665. The van der Waals surface area contributed by atoms with E-state index in [0.29, 0.717) is 6.16 Å². The van der Waals surface area contributed by atoms with Crippen LogP contribution in [0.3, 0.4) is 0 Å². The van der Waals surface area contributed by atoms with E-state index in [0.717, 1.165) is 0 Å². The summed E-state index contributed by atoms with van der Waals surface area (Å²) in [5.41, 5.74) is -0.0106. The van der Waals surface area contributed by atoms with E-state index in [1.807, 2.05) is 27.7 Å². The fourth-order valence-electron chi connectivity index (χ4n) is 0.646. The second-order valence-corrected chi connectivity index (χ2v) is 6.65. The van der Waals surface area contributed by atoms with Crippen LogP contribution in [0.2, 0.25) is 0 Å². The van der Waals surface area contributed by atoms with E-state index in [9.17, 15) is 4.57 Å². The average Bonchev–Trinajstić information content (AvgIpc) is 2.02. The van der Waals surface area contributed by atoms with Crippen LogP contribution in [0.1, 0.15) is 34.6 Å². The Morgan fingerprint density at radius 2 is 1.85 bits per heavy atom. The Bertz CT molecular complexity index is 188. The number of hydrogen-bond donors (Lipinski definition) is 0. The Morgan fingerprint density at radius 3 is 2.08 bits per heavy atom. The molecule has 0 N–H and O–H groups in total. The van der Waals surface area contributed by atoms with Crippen LogP contribution < -0.4 is 0 Å². The van der Waals surface area contributed by atoms with Crippen LogP contribution in [0.5, 0.6) is 0 Å². The van der Waals surface area contributed by atoms with Gasteiger partial charge in [0.25, 0.3) is 0 Å². The summed E-state index contributed by atoms with van der Waals surface area (Å²) in [5.74, 6) is 0. The molecule has 0 fully saturated rings. The molecule has 0 spiro atoms. The minimum absolute atomic E-state index is 0.0106. The molecule has 0 aliphatic carbocycles. The van der Waals surface area contributed by atoms with E-state index < -0.39 is 7.60 Å². The van der Waals surface area contributed by atoms with Gasteiger partial charge in [-0.2, -0.15) is 0 Å².